The van der Waals surface area contributed by atoms with E-state index in [0.29, 0.717) is 0 Å². The van der Waals surface area contributed by atoms with Crippen molar-refractivity contribution in [3.63, 3.8) is 0 Å². The molecule has 0 saturated heterocycles. The Hall–Kier alpha value is -3.62. The zero-order valence-corrected chi connectivity index (χ0v) is 18.1. The molecule has 6 rings (SSSR count). The Morgan fingerprint density at radius 1 is 0.581 bits per heavy atom. The molecule has 0 radical (unpaired) electrons. The quantitative estimate of drug-likeness (QED) is 0.279. The first-order valence-electron chi connectivity index (χ1n) is 10.5. The van der Waals surface area contributed by atoms with E-state index in [4.69, 9.17) is 0 Å². The number of thiophene rings is 1. The van der Waals surface area contributed by atoms with E-state index in [1.165, 1.54) is 53.6 Å². The van der Waals surface area contributed by atoms with Crippen LogP contribution in [-0.4, -0.2) is 0 Å². The highest BCUT2D eigenvalue weighted by Crippen LogP contribution is 2.43. The number of hydrogen-bond donors (Lipinski definition) is 0. The van der Waals surface area contributed by atoms with Gasteiger partial charge in [-0.25, -0.2) is 0 Å². The van der Waals surface area contributed by atoms with Crippen LogP contribution in [0.5, 0.6) is 0 Å². The topological polar surface area (TPSA) is 3.24 Å². The van der Waals surface area contributed by atoms with Gasteiger partial charge in [-0.3, -0.25) is 0 Å². The molecule has 1 nitrogen and oxygen atoms in total. The maximum atomic E-state index is 2.36. The van der Waals surface area contributed by atoms with Crippen molar-refractivity contribution < 1.29 is 0 Å². The van der Waals surface area contributed by atoms with Gasteiger partial charge in [0.15, 0.2) is 0 Å². The minimum atomic E-state index is 1.17. The molecule has 0 spiro atoms. The molecule has 0 aliphatic carbocycles. The number of anilines is 3. The summed E-state index contributed by atoms with van der Waals surface area (Å²) in [7, 11) is 0. The Morgan fingerprint density at radius 2 is 1.35 bits per heavy atom. The Balaban J connectivity index is 1.61. The second-order valence-corrected chi connectivity index (χ2v) is 8.98. The third kappa shape index (κ3) is 2.99. The molecule has 0 fully saturated rings. The van der Waals surface area contributed by atoms with Gasteiger partial charge in [0.25, 0.3) is 0 Å². The molecule has 0 saturated carbocycles. The Bertz CT molecular complexity index is 1550. The summed E-state index contributed by atoms with van der Waals surface area (Å²) in [4.78, 5) is 2.36. The summed E-state index contributed by atoms with van der Waals surface area (Å²) in [6.07, 6.45) is 0. The van der Waals surface area contributed by atoms with Crippen LogP contribution in [0.25, 0.3) is 30.9 Å². The predicted octanol–water partition coefficient (Wildman–Crippen LogP) is 8.99. The fraction of sp³-hybridized carbons (Fsp3) is 0.0345. The molecule has 1 aromatic heterocycles. The van der Waals surface area contributed by atoms with Gasteiger partial charge in [-0.1, -0.05) is 72.8 Å². The largest absolute Gasteiger partial charge is 0.310 e. The number of hydrogen-bond acceptors (Lipinski definition) is 2. The normalized spacial score (nSPS) is 11.4. The predicted molar refractivity (Wildman–Crippen MR) is 136 cm³/mol. The number of fused-ring (bicyclic) bond motifs is 5. The second-order valence-electron chi connectivity index (χ2n) is 7.90. The number of rotatable bonds is 3. The lowest BCUT2D eigenvalue weighted by Crippen LogP contribution is -2.10. The van der Waals surface area contributed by atoms with Gasteiger partial charge in [0.05, 0.1) is 0 Å². The first-order valence-corrected chi connectivity index (χ1v) is 11.4. The van der Waals surface area contributed by atoms with Gasteiger partial charge in [0.2, 0.25) is 0 Å². The zero-order chi connectivity index (χ0) is 20.8. The fourth-order valence-corrected chi connectivity index (χ4v) is 5.65. The highest BCUT2D eigenvalue weighted by Gasteiger charge is 2.16. The average Bonchev–Trinajstić information content (AvgIpc) is 3.20. The molecule has 0 aliphatic rings. The number of benzene rings is 5. The van der Waals surface area contributed by atoms with Crippen molar-refractivity contribution in [3.05, 3.63) is 115 Å². The molecule has 0 N–H and O–H groups in total. The lowest BCUT2D eigenvalue weighted by Gasteiger charge is -2.27. The zero-order valence-electron chi connectivity index (χ0n) is 17.2. The van der Waals surface area contributed by atoms with Crippen molar-refractivity contribution in [1.29, 1.82) is 0 Å². The molecular weight excluding hydrogens is 394 g/mol. The number of aryl methyl sites for hydroxylation is 1. The van der Waals surface area contributed by atoms with Crippen molar-refractivity contribution in [1.82, 2.24) is 0 Å². The van der Waals surface area contributed by atoms with Crippen molar-refractivity contribution in [2.24, 2.45) is 0 Å². The Kier molecular flexibility index (Phi) is 4.26. The Labute approximate surface area is 185 Å². The first-order chi connectivity index (χ1) is 15.3. The lowest BCUT2D eigenvalue weighted by molar-refractivity contribution is 1.26. The molecule has 0 aliphatic heterocycles. The number of nitrogens with zero attached hydrogens (tertiary/aromatic N) is 1. The van der Waals surface area contributed by atoms with Crippen molar-refractivity contribution in [3.8, 4) is 0 Å². The van der Waals surface area contributed by atoms with E-state index in [1.807, 2.05) is 11.3 Å². The fourth-order valence-electron chi connectivity index (χ4n) is 4.49. The molecule has 6 aromatic rings. The minimum absolute atomic E-state index is 1.17. The van der Waals surface area contributed by atoms with E-state index >= 15 is 0 Å². The van der Waals surface area contributed by atoms with Crippen LogP contribution in [0.2, 0.25) is 0 Å². The molecule has 0 atom stereocenters. The monoisotopic (exact) mass is 415 g/mol. The third-order valence-corrected chi connectivity index (χ3v) is 7.09. The van der Waals surface area contributed by atoms with E-state index in [0.717, 1.165) is 0 Å². The molecule has 2 heteroatoms. The Morgan fingerprint density at radius 3 is 2.23 bits per heavy atom. The van der Waals surface area contributed by atoms with Crippen molar-refractivity contribution >= 4 is 59.3 Å². The van der Waals surface area contributed by atoms with Gasteiger partial charge in [-0.15, -0.1) is 11.3 Å². The second kappa shape index (κ2) is 7.26. The van der Waals surface area contributed by atoms with Crippen molar-refractivity contribution in [2.75, 3.05) is 4.90 Å². The van der Waals surface area contributed by atoms with E-state index in [-0.39, 0.29) is 0 Å². The highest BCUT2D eigenvalue weighted by molar-refractivity contribution is 7.26. The van der Waals surface area contributed by atoms with E-state index in [9.17, 15) is 0 Å². The summed E-state index contributed by atoms with van der Waals surface area (Å²) in [5.41, 5.74) is 4.82. The summed E-state index contributed by atoms with van der Waals surface area (Å²) in [5.74, 6) is 0. The molecule has 0 amide bonds. The van der Waals surface area contributed by atoms with Crippen LogP contribution in [-0.2, 0) is 0 Å². The lowest BCUT2D eigenvalue weighted by atomic mass is 10.0. The minimum Gasteiger partial charge on any atom is -0.310 e. The van der Waals surface area contributed by atoms with E-state index in [2.05, 4.69) is 121 Å². The van der Waals surface area contributed by atoms with E-state index < -0.39 is 0 Å². The van der Waals surface area contributed by atoms with Gasteiger partial charge in [0, 0.05) is 37.2 Å². The molecule has 148 valence electrons. The van der Waals surface area contributed by atoms with Gasteiger partial charge in [-0.05, 0) is 59.7 Å². The van der Waals surface area contributed by atoms with Crippen LogP contribution < -0.4 is 4.90 Å². The van der Waals surface area contributed by atoms with Gasteiger partial charge in [-0.2, -0.15) is 0 Å². The van der Waals surface area contributed by atoms with Gasteiger partial charge < -0.3 is 4.90 Å². The van der Waals surface area contributed by atoms with Crippen LogP contribution in [0, 0.1) is 6.92 Å². The molecular formula is C29H21NS. The molecule has 31 heavy (non-hydrogen) atoms. The summed E-state index contributed by atoms with van der Waals surface area (Å²) in [6.45, 7) is 2.18. The maximum Gasteiger partial charge on any atom is 0.0490 e. The average molecular weight is 416 g/mol. The third-order valence-electron chi connectivity index (χ3n) is 5.97. The molecule has 5 aromatic carbocycles. The first kappa shape index (κ1) is 18.2. The van der Waals surface area contributed by atoms with Crippen LogP contribution in [0.3, 0.4) is 0 Å². The maximum absolute atomic E-state index is 2.36. The summed E-state index contributed by atoms with van der Waals surface area (Å²) in [5, 5.41) is 5.33. The molecule has 1 heterocycles. The van der Waals surface area contributed by atoms with E-state index in [1.54, 1.807) is 0 Å². The summed E-state index contributed by atoms with van der Waals surface area (Å²) >= 11 is 1.88. The summed E-state index contributed by atoms with van der Waals surface area (Å²) < 4.78 is 2.66. The molecule has 0 bridgehead atoms. The van der Waals surface area contributed by atoms with Crippen LogP contribution >= 0.6 is 11.3 Å². The smallest absolute Gasteiger partial charge is 0.0490 e. The molecule has 0 unspecified atom stereocenters. The SMILES string of the molecule is Cc1ccccc1N(c1ccccc1)c1ccc2c(c1)sc1ccc3ccccc3c12. The van der Waals surface area contributed by atoms with Crippen LogP contribution in [0.4, 0.5) is 17.1 Å². The van der Waals surface area contributed by atoms with Gasteiger partial charge >= 0.3 is 0 Å². The van der Waals surface area contributed by atoms with Crippen LogP contribution in [0.1, 0.15) is 5.56 Å². The van der Waals surface area contributed by atoms with Crippen LogP contribution in [0.15, 0.2) is 109 Å². The van der Waals surface area contributed by atoms with Gasteiger partial charge in [0.1, 0.15) is 0 Å². The standard InChI is InChI=1S/C29H21NS/c1-20-9-5-8-14-26(20)30(22-11-3-2-4-12-22)23-16-17-25-28(19-23)31-27-18-15-21-10-6-7-13-24(21)29(25)27/h2-19H,1H3. The number of para-hydroxylation sites is 2. The summed E-state index contributed by atoms with van der Waals surface area (Å²) in [6, 6.07) is 39.3. The van der Waals surface area contributed by atoms with Crippen molar-refractivity contribution in [2.45, 2.75) is 6.92 Å². The highest BCUT2D eigenvalue weighted by atomic mass is 32.1.